The molecule has 6 nitrogen and oxygen atoms in total. The average molecular weight is 272 g/mol. The van der Waals surface area contributed by atoms with Crippen LogP contribution < -0.4 is 11.1 Å². The van der Waals surface area contributed by atoms with Gasteiger partial charge in [0, 0.05) is 12.6 Å². The number of pyridine rings is 1. The minimum absolute atomic E-state index is 0.0793. The van der Waals surface area contributed by atoms with E-state index in [2.05, 4.69) is 17.2 Å². The Morgan fingerprint density at radius 1 is 1.20 bits per heavy atom. The molecule has 0 saturated heterocycles. The van der Waals surface area contributed by atoms with E-state index < -0.39 is 4.92 Å². The number of aromatic nitrogens is 1. The Labute approximate surface area is 116 Å². The highest BCUT2D eigenvalue weighted by Crippen LogP contribution is 2.23. The number of nitro groups is 1. The van der Waals surface area contributed by atoms with Crippen LogP contribution in [0.15, 0.2) is 36.4 Å². The van der Waals surface area contributed by atoms with Crippen LogP contribution in [-0.2, 0) is 13.0 Å². The van der Waals surface area contributed by atoms with E-state index in [4.69, 9.17) is 5.73 Å². The van der Waals surface area contributed by atoms with E-state index in [0.29, 0.717) is 6.54 Å². The number of nitrogens with one attached hydrogen (secondary N) is 1. The number of aryl methyl sites for hydroxylation is 1. The zero-order valence-corrected chi connectivity index (χ0v) is 11.2. The van der Waals surface area contributed by atoms with Crippen LogP contribution in [0.4, 0.5) is 17.3 Å². The van der Waals surface area contributed by atoms with Gasteiger partial charge in [0.2, 0.25) is 5.82 Å². The van der Waals surface area contributed by atoms with Gasteiger partial charge in [-0.2, -0.15) is 0 Å². The maximum atomic E-state index is 10.9. The molecule has 0 fully saturated rings. The highest BCUT2D eigenvalue weighted by Gasteiger charge is 2.14. The molecule has 2 rings (SSSR count). The van der Waals surface area contributed by atoms with Gasteiger partial charge in [-0.15, -0.1) is 0 Å². The molecule has 0 spiro atoms. The lowest BCUT2D eigenvalue weighted by molar-refractivity contribution is -0.384. The first kappa shape index (κ1) is 13.8. The Morgan fingerprint density at radius 3 is 2.45 bits per heavy atom. The molecule has 0 aliphatic heterocycles. The lowest BCUT2D eigenvalue weighted by Gasteiger charge is -2.07. The second kappa shape index (κ2) is 6.01. The number of nitrogens with zero attached hydrogens (tertiary/aromatic N) is 2. The van der Waals surface area contributed by atoms with Crippen molar-refractivity contribution < 1.29 is 4.92 Å². The molecule has 0 saturated carbocycles. The van der Waals surface area contributed by atoms with Gasteiger partial charge in [-0.05, 0) is 23.6 Å². The van der Waals surface area contributed by atoms with E-state index in [9.17, 15) is 10.1 Å². The van der Waals surface area contributed by atoms with Crippen molar-refractivity contribution in [2.24, 2.45) is 0 Å². The van der Waals surface area contributed by atoms with Gasteiger partial charge in [-0.25, -0.2) is 4.98 Å². The summed E-state index contributed by atoms with van der Waals surface area (Å²) in [6.07, 6.45) is 0.982. The topological polar surface area (TPSA) is 94.1 Å². The van der Waals surface area contributed by atoms with E-state index in [1.165, 1.54) is 17.7 Å². The summed E-state index contributed by atoms with van der Waals surface area (Å²) in [5, 5.41) is 13.9. The van der Waals surface area contributed by atoms with Crippen LogP contribution in [0.2, 0.25) is 0 Å². The van der Waals surface area contributed by atoms with Gasteiger partial charge >= 0.3 is 5.69 Å². The van der Waals surface area contributed by atoms with E-state index in [1.54, 1.807) is 0 Å². The zero-order valence-electron chi connectivity index (χ0n) is 11.2. The summed E-state index contributed by atoms with van der Waals surface area (Å²) < 4.78 is 0. The molecule has 0 radical (unpaired) electrons. The van der Waals surface area contributed by atoms with Crippen molar-refractivity contribution in [3.05, 3.63) is 57.6 Å². The molecule has 0 bridgehead atoms. The third-order valence-corrected chi connectivity index (χ3v) is 2.98. The molecule has 2 aromatic rings. The molecule has 0 atom stereocenters. The number of rotatable bonds is 5. The first-order valence-electron chi connectivity index (χ1n) is 6.32. The van der Waals surface area contributed by atoms with Crippen molar-refractivity contribution >= 4 is 17.3 Å². The molecule has 0 aliphatic carbocycles. The number of nitrogens with two attached hydrogens (primary N) is 1. The SMILES string of the molecule is CCc1ccc(CNc2nc(N)ccc2[N+](=O)[O-])cc1. The van der Waals surface area contributed by atoms with Crippen LogP contribution in [0, 0.1) is 10.1 Å². The summed E-state index contributed by atoms with van der Waals surface area (Å²) >= 11 is 0. The Morgan fingerprint density at radius 2 is 1.85 bits per heavy atom. The maximum absolute atomic E-state index is 10.9. The van der Waals surface area contributed by atoms with Gasteiger partial charge in [0.1, 0.15) is 5.82 Å². The number of hydrogen-bond acceptors (Lipinski definition) is 5. The third kappa shape index (κ3) is 3.23. The van der Waals surface area contributed by atoms with Crippen LogP contribution in [0.5, 0.6) is 0 Å². The largest absolute Gasteiger partial charge is 0.384 e. The molecule has 0 aliphatic rings. The van der Waals surface area contributed by atoms with Crippen molar-refractivity contribution in [1.29, 1.82) is 0 Å². The summed E-state index contributed by atoms with van der Waals surface area (Å²) in [6.45, 7) is 2.55. The highest BCUT2D eigenvalue weighted by atomic mass is 16.6. The van der Waals surface area contributed by atoms with Crippen molar-refractivity contribution in [1.82, 2.24) is 4.98 Å². The Bertz CT molecular complexity index is 611. The van der Waals surface area contributed by atoms with Crippen molar-refractivity contribution in [2.75, 3.05) is 11.1 Å². The van der Waals surface area contributed by atoms with Gasteiger partial charge in [0.25, 0.3) is 0 Å². The van der Waals surface area contributed by atoms with Crippen molar-refractivity contribution in [2.45, 2.75) is 19.9 Å². The lowest BCUT2D eigenvalue weighted by Crippen LogP contribution is -2.06. The lowest BCUT2D eigenvalue weighted by atomic mass is 10.1. The van der Waals surface area contributed by atoms with Crippen LogP contribution in [0.1, 0.15) is 18.1 Å². The molecular weight excluding hydrogens is 256 g/mol. The summed E-state index contributed by atoms with van der Waals surface area (Å²) in [4.78, 5) is 14.4. The van der Waals surface area contributed by atoms with Gasteiger partial charge < -0.3 is 11.1 Å². The van der Waals surface area contributed by atoms with Gasteiger partial charge in [-0.1, -0.05) is 31.2 Å². The summed E-state index contributed by atoms with van der Waals surface area (Å²) in [5.41, 5.74) is 7.76. The quantitative estimate of drug-likeness (QED) is 0.644. The fraction of sp³-hybridized carbons (Fsp3) is 0.214. The standard InChI is InChI=1S/C14H16N4O2/c1-2-10-3-5-11(6-4-10)9-16-14-12(18(19)20)7-8-13(15)17-14/h3-8H,2,9H2,1H3,(H3,15,16,17). The molecule has 20 heavy (non-hydrogen) atoms. The molecule has 1 heterocycles. The summed E-state index contributed by atoms with van der Waals surface area (Å²) in [7, 11) is 0. The number of anilines is 2. The van der Waals surface area contributed by atoms with Gasteiger partial charge in [0.05, 0.1) is 4.92 Å². The monoisotopic (exact) mass is 272 g/mol. The third-order valence-electron chi connectivity index (χ3n) is 2.98. The first-order valence-corrected chi connectivity index (χ1v) is 6.32. The molecule has 1 aromatic heterocycles. The molecular formula is C14H16N4O2. The van der Waals surface area contributed by atoms with Crippen molar-refractivity contribution in [3.63, 3.8) is 0 Å². The Kier molecular flexibility index (Phi) is 4.14. The van der Waals surface area contributed by atoms with Gasteiger partial charge in [0.15, 0.2) is 0 Å². The van der Waals surface area contributed by atoms with Crippen LogP contribution in [0.25, 0.3) is 0 Å². The number of benzene rings is 1. The second-order valence-corrected chi connectivity index (χ2v) is 4.38. The highest BCUT2D eigenvalue weighted by molar-refractivity contribution is 5.59. The second-order valence-electron chi connectivity index (χ2n) is 4.38. The molecule has 1 aromatic carbocycles. The van der Waals surface area contributed by atoms with E-state index >= 15 is 0 Å². The van der Waals surface area contributed by atoms with Crippen LogP contribution in [-0.4, -0.2) is 9.91 Å². The predicted molar refractivity (Wildman–Crippen MR) is 78.5 cm³/mol. The minimum atomic E-state index is -0.477. The Balaban J connectivity index is 2.13. The normalized spacial score (nSPS) is 10.2. The Hall–Kier alpha value is -2.63. The van der Waals surface area contributed by atoms with E-state index in [1.807, 2.05) is 24.3 Å². The molecule has 0 unspecified atom stereocenters. The van der Waals surface area contributed by atoms with Crippen LogP contribution in [0.3, 0.4) is 0 Å². The number of hydrogen-bond donors (Lipinski definition) is 2. The minimum Gasteiger partial charge on any atom is -0.384 e. The maximum Gasteiger partial charge on any atom is 0.311 e. The molecule has 3 N–H and O–H groups in total. The fourth-order valence-electron chi connectivity index (χ4n) is 1.82. The molecule has 104 valence electrons. The van der Waals surface area contributed by atoms with E-state index in [0.717, 1.165) is 12.0 Å². The fourth-order valence-corrected chi connectivity index (χ4v) is 1.82. The van der Waals surface area contributed by atoms with Gasteiger partial charge in [-0.3, -0.25) is 10.1 Å². The zero-order chi connectivity index (χ0) is 14.5. The summed E-state index contributed by atoms with van der Waals surface area (Å²) in [5.74, 6) is 0.439. The average Bonchev–Trinajstić information content (AvgIpc) is 2.45. The molecule has 6 heteroatoms. The van der Waals surface area contributed by atoms with Crippen LogP contribution >= 0.6 is 0 Å². The predicted octanol–water partition coefficient (Wildman–Crippen LogP) is 2.75. The molecule has 0 amide bonds. The first-order chi connectivity index (χ1) is 9.60. The number of nitrogen functional groups attached to an aromatic ring is 1. The summed E-state index contributed by atoms with van der Waals surface area (Å²) in [6, 6.07) is 10.8. The van der Waals surface area contributed by atoms with Crippen molar-refractivity contribution in [3.8, 4) is 0 Å². The smallest absolute Gasteiger partial charge is 0.311 e. The van der Waals surface area contributed by atoms with E-state index in [-0.39, 0.29) is 17.3 Å².